The number of rotatable bonds is 3. The minimum Gasteiger partial charge on any atom is -0.388 e. The number of nitrogens with one attached hydrogen (secondary N) is 1. The van der Waals surface area contributed by atoms with Crippen LogP contribution in [-0.2, 0) is 11.3 Å². The van der Waals surface area contributed by atoms with Gasteiger partial charge in [0, 0.05) is 38.1 Å². The largest absolute Gasteiger partial charge is 0.388 e. The minimum atomic E-state index is 0.454. The second-order valence-corrected chi connectivity index (χ2v) is 5.52. The Morgan fingerprint density at radius 2 is 2.32 bits per heavy atom. The Labute approximate surface area is 115 Å². The summed E-state index contributed by atoms with van der Waals surface area (Å²) in [6, 6.07) is 4.75. The zero-order valence-corrected chi connectivity index (χ0v) is 11.6. The van der Waals surface area contributed by atoms with Crippen LogP contribution in [0.25, 0.3) is 0 Å². The Balaban J connectivity index is 1.70. The molecule has 4 nitrogen and oxygen atoms in total. The Hall–Kier alpha value is -1.13. The molecule has 0 aromatic carbocycles. The van der Waals surface area contributed by atoms with E-state index in [9.17, 15) is 0 Å². The number of anilines is 1. The van der Waals surface area contributed by atoms with Gasteiger partial charge < -0.3 is 10.1 Å². The van der Waals surface area contributed by atoms with E-state index in [-0.39, 0.29) is 0 Å². The standard InChI is InChI=1S/C15H23N3O/c1-16-12-6-7-17-13(10-12)11-18-8-9-19-15-5-3-2-4-14(15)18/h6-7,10,14-15H,2-5,8-9,11H2,1H3,(H,16,17). The highest BCUT2D eigenvalue weighted by atomic mass is 16.5. The minimum absolute atomic E-state index is 0.454. The molecule has 1 aromatic rings. The number of hydrogen-bond acceptors (Lipinski definition) is 4. The first kappa shape index (κ1) is 12.9. The summed E-state index contributed by atoms with van der Waals surface area (Å²) >= 11 is 0. The predicted molar refractivity (Wildman–Crippen MR) is 76.2 cm³/mol. The van der Waals surface area contributed by atoms with Crippen LogP contribution >= 0.6 is 0 Å². The Morgan fingerprint density at radius 1 is 1.42 bits per heavy atom. The number of nitrogens with zero attached hydrogens (tertiary/aromatic N) is 2. The zero-order chi connectivity index (χ0) is 13.1. The van der Waals surface area contributed by atoms with Crippen molar-refractivity contribution in [1.29, 1.82) is 0 Å². The Morgan fingerprint density at radius 3 is 3.21 bits per heavy atom. The van der Waals surface area contributed by atoms with Gasteiger partial charge in [-0.1, -0.05) is 12.8 Å². The molecular formula is C15H23N3O. The molecule has 2 atom stereocenters. The number of ether oxygens (including phenoxy) is 1. The van der Waals surface area contributed by atoms with E-state index in [0.717, 1.165) is 31.1 Å². The second-order valence-electron chi connectivity index (χ2n) is 5.52. The monoisotopic (exact) mass is 261 g/mol. The molecule has 104 valence electrons. The second kappa shape index (κ2) is 5.88. The number of aromatic nitrogens is 1. The fourth-order valence-corrected chi connectivity index (χ4v) is 3.30. The average Bonchev–Trinajstić information content (AvgIpc) is 2.48. The summed E-state index contributed by atoms with van der Waals surface area (Å²) in [5.74, 6) is 0. The van der Waals surface area contributed by atoms with Crippen molar-refractivity contribution in [3.05, 3.63) is 24.0 Å². The molecule has 4 heteroatoms. The molecule has 0 spiro atoms. The van der Waals surface area contributed by atoms with E-state index in [1.54, 1.807) is 0 Å². The number of morpholine rings is 1. The van der Waals surface area contributed by atoms with Gasteiger partial charge >= 0.3 is 0 Å². The van der Waals surface area contributed by atoms with Crippen LogP contribution in [0.3, 0.4) is 0 Å². The third kappa shape index (κ3) is 2.90. The van der Waals surface area contributed by atoms with Gasteiger partial charge in [-0.3, -0.25) is 9.88 Å². The van der Waals surface area contributed by atoms with Gasteiger partial charge in [0.25, 0.3) is 0 Å². The van der Waals surface area contributed by atoms with E-state index >= 15 is 0 Å². The maximum absolute atomic E-state index is 5.92. The number of pyridine rings is 1. The first-order valence-corrected chi connectivity index (χ1v) is 7.35. The molecule has 1 aromatic heterocycles. The van der Waals surface area contributed by atoms with E-state index in [1.165, 1.54) is 25.7 Å². The molecule has 0 radical (unpaired) electrons. The summed E-state index contributed by atoms with van der Waals surface area (Å²) < 4.78 is 5.92. The van der Waals surface area contributed by atoms with Crippen LogP contribution in [-0.4, -0.2) is 42.2 Å². The van der Waals surface area contributed by atoms with Gasteiger partial charge in [-0.15, -0.1) is 0 Å². The highest BCUT2D eigenvalue weighted by Gasteiger charge is 2.34. The van der Waals surface area contributed by atoms with Crippen molar-refractivity contribution in [2.24, 2.45) is 0 Å². The molecule has 1 saturated heterocycles. The van der Waals surface area contributed by atoms with Crippen molar-refractivity contribution in [3.63, 3.8) is 0 Å². The number of fused-ring (bicyclic) bond motifs is 1. The van der Waals surface area contributed by atoms with Crippen molar-refractivity contribution < 1.29 is 4.74 Å². The molecule has 2 unspecified atom stereocenters. The summed E-state index contributed by atoms with van der Waals surface area (Å²) in [5.41, 5.74) is 2.29. The van der Waals surface area contributed by atoms with E-state index in [4.69, 9.17) is 4.74 Å². The number of hydrogen-bond donors (Lipinski definition) is 1. The van der Waals surface area contributed by atoms with Crippen LogP contribution in [0.1, 0.15) is 31.4 Å². The Bertz CT molecular complexity index is 422. The fraction of sp³-hybridized carbons (Fsp3) is 0.667. The predicted octanol–water partition coefficient (Wildman–Crippen LogP) is 2.27. The molecule has 0 bridgehead atoms. The van der Waals surface area contributed by atoms with Crippen LogP contribution in [0, 0.1) is 0 Å². The maximum Gasteiger partial charge on any atom is 0.0731 e. The lowest BCUT2D eigenvalue weighted by atomic mass is 9.90. The third-order valence-electron chi connectivity index (χ3n) is 4.32. The van der Waals surface area contributed by atoms with Crippen molar-refractivity contribution in [3.8, 4) is 0 Å². The highest BCUT2D eigenvalue weighted by molar-refractivity contribution is 5.42. The molecule has 0 amide bonds. The van der Waals surface area contributed by atoms with Crippen LogP contribution < -0.4 is 5.32 Å². The quantitative estimate of drug-likeness (QED) is 0.905. The fourth-order valence-electron chi connectivity index (χ4n) is 3.30. The molecule has 1 saturated carbocycles. The molecule has 1 aliphatic heterocycles. The normalized spacial score (nSPS) is 27.8. The summed E-state index contributed by atoms with van der Waals surface area (Å²) in [6.07, 6.45) is 7.50. The molecule has 2 aliphatic rings. The van der Waals surface area contributed by atoms with Crippen LogP contribution in [0.5, 0.6) is 0 Å². The van der Waals surface area contributed by atoms with Gasteiger partial charge in [0.15, 0.2) is 0 Å². The third-order valence-corrected chi connectivity index (χ3v) is 4.32. The van der Waals surface area contributed by atoms with Gasteiger partial charge in [0.1, 0.15) is 0 Å². The molecule has 19 heavy (non-hydrogen) atoms. The van der Waals surface area contributed by atoms with E-state index in [0.29, 0.717) is 12.1 Å². The van der Waals surface area contributed by atoms with Crippen molar-refractivity contribution in [2.75, 3.05) is 25.5 Å². The van der Waals surface area contributed by atoms with Crippen molar-refractivity contribution in [1.82, 2.24) is 9.88 Å². The summed E-state index contributed by atoms with van der Waals surface area (Å²) in [4.78, 5) is 7.06. The average molecular weight is 261 g/mol. The molecule has 1 N–H and O–H groups in total. The van der Waals surface area contributed by atoms with Crippen LogP contribution in [0.15, 0.2) is 18.3 Å². The van der Waals surface area contributed by atoms with Crippen LogP contribution in [0.2, 0.25) is 0 Å². The van der Waals surface area contributed by atoms with E-state index in [2.05, 4.69) is 21.3 Å². The Kier molecular flexibility index (Phi) is 3.99. The van der Waals surface area contributed by atoms with Crippen molar-refractivity contribution >= 4 is 5.69 Å². The van der Waals surface area contributed by atoms with Gasteiger partial charge in [-0.05, 0) is 25.0 Å². The van der Waals surface area contributed by atoms with Gasteiger partial charge in [0.2, 0.25) is 0 Å². The molecule has 3 rings (SSSR count). The summed E-state index contributed by atoms with van der Waals surface area (Å²) in [5, 5.41) is 3.18. The van der Waals surface area contributed by atoms with E-state index < -0.39 is 0 Å². The molecule has 1 aliphatic carbocycles. The van der Waals surface area contributed by atoms with Gasteiger partial charge in [-0.25, -0.2) is 0 Å². The first-order valence-electron chi connectivity index (χ1n) is 7.35. The van der Waals surface area contributed by atoms with Gasteiger partial charge in [-0.2, -0.15) is 0 Å². The zero-order valence-electron chi connectivity index (χ0n) is 11.6. The van der Waals surface area contributed by atoms with Crippen molar-refractivity contribution in [2.45, 2.75) is 44.4 Å². The topological polar surface area (TPSA) is 37.4 Å². The lowest BCUT2D eigenvalue weighted by Crippen LogP contribution is -2.52. The molecule has 2 heterocycles. The lowest BCUT2D eigenvalue weighted by Gasteiger charge is -2.43. The smallest absolute Gasteiger partial charge is 0.0731 e. The summed E-state index contributed by atoms with van der Waals surface area (Å²) in [6.45, 7) is 2.85. The summed E-state index contributed by atoms with van der Waals surface area (Å²) in [7, 11) is 1.95. The lowest BCUT2D eigenvalue weighted by molar-refractivity contribution is -0.0914. The molecule has 2 fully saturated rings. The SMILES string of the molecule is CNc1ccnc(CN2CCOC3CCCCC32)c1. The van der Waals surface area contributed by atoms with Gasteiger partial charge in [0.05, 0.1) is 18.4 Å². The van der Waals surface area contributed by atoms with E-state index in [1.807, 2.05) is 19.3 Å². The first-order chi connectivity index (χ1) is 9.36. The van der Waals surface area contributed by atoms with Crippen LogP contribution in [0.4, 0.5) is 5.69 Å². The molecular weight excluding hydrogens is 238 g/mol. The highest BCUT2D eigenvalue weighted by Crippen LogP contribution is 2.29. The maximum atomic E-state index is 5.92.